The standard InChI is InChI=1S/C17H27NO3/c1-13(2)21-15-8-6-5-7-14(15)11-16(20)18-12-17(3,4)9-10-19/h5-8,13,19H,9-12H2,1-4H3,(H,18,20). The zero-order valence-corrected chi connectivity index (χ0v) is 13.5. The van der Waals surface area contributed by atoms with E-state index in [1.165, 1.54) is 0 Å². The quantitative estimate of drug-likeness (QED) is 0.774. The van der Waals surface area contributed by atoms with Crippen molar-refractivity contribution in [2.45, 2.75) is 46.6 Å². The Balaban J connectivity index is 2.59. The highest BCUT2D eigenvalue weighted by Gasteiger charge is 2.18. The monoisotopic (exact) mass is 293 g/mol. The number of carbonyl (C=O) groups is 1. The zero-order chi connectivity index (χ0) is 15.9. The summed E-state index contributed by atoms with van der Waals surface area (Å²) in [5, 5.41) is 11.9. The molecule has 21 heavy (non-hydrogen) atoms. The van der Waals surface area contributed by atoms with E-state index >= 15 is 0 Å². The molecular weight excluding hydrogens is 266 g/mol. The van der Waals surface area contributed by atoms with Crippen molar-refractivity contribution in [1.29, 1.82) is 0 Å². The largest absolute Gasteiger partial charge is 0.491 e. The van der Waals surface area contributed by atoms with Crippen LogP contribution in [0.3, 0.4) is 0 Å². The topological polar surface area (TPSA) is 58.6 Å². The summed E-state index contributed by atoms with van der Waals surface area (Å²) in [6.45, 7) is 8.68. The molecule has 0 aliphatic carbocycles. The van der Waals surface area contributed by atoms with Gasteiger partial charge in [-0.25, -0.2) is 0 Å². The number of hydrogen-bond donors (Lipinski definition) is 2. The normalized spacial score (nSPS) is 11.5. The van der Waals surface area contributed by atoms with E-state index in [1.54, 1.807) is 0 Å². The zero-order valence-electron chi connectivity index (χ0n) is 13.5. The molecule has 0 bridgehead atoms. The fourth-order valence-electron chi connectivity index (χ4n) is 1.98. The Kier molecular flexibility index (Phi) is 6.69. The van der Waals surface area contributed by atoms with E-state index in [9.17, 15) is 4.79 Å². The molecule has 0 aliphatic heterocycles. The summed E-state index contributed by atoms with van der Waals surface area (Å²) < 4.78 is 5.72. The molecule has 118 valence electrons. The molecule has 0 aliphatic rings. The Hall–Kier alpha value is -1.55. The van der Waals surface area contributed by atoms with E-state index < -0.39 is 0 Å². The van der Waals surface area contributed by atoms with Gasteiger partial charge in [-0.15, -0.1) is 0 Å². The number of ether oxygens (including phenoxy) is 1. The van der Waals surface area contributed by atoms with Gasteiger partial charge in [-0.3, -0.25) is 4.79 Å². The average molecular weight is 293 g/mol. The number of aliphatic hydroxyl groups excluding tert-OH is 1. The van der Waals surface area contributed by atoms with Gasteiger partial charge in [-0.2, -0.15) is 0 Å². The summed E-state index contributed by atoms with van der Waals surface area (Å²) in [6.07, 6.45) is 1.05. The molecule has 0 fully saturated rings. The molecule has 0 saturated carbocycles. The third-order valence-electron chi connectivity index (χ3n) is 3.24. The van der Waals surface area contributed by atoms with E-state index in [4.69, 9.17) is 9.84 Å². The lowest BCUT2D eigenvalue weighted by atomic mass is 9.89. The van der Waals surface area contributed by atoms with Crippen molar-refractivity contribution in [3.63, 3.8) is 0 Å². The van der Waals surface area contributed by atoms with Gasteiger partial charge in [0.2, 0.25) is 5.91 Å². The van der Waals surface area contributed by atoms with Gasteiger partial charge in [0.25, 0.3) is 0 Å². The van der Waals surface area contributed by atoms with Crippen LogP contribution in [0, 0.1) is 5.41 Å². The number of para-hydroxylation sites is 1. The van der Waals surface area contributed by atoms with Crippen LogP contribution in [0.5, 0.6) is 5.75 Å². The molecule has 0 unspecified atom stereocenters. The first-order chi connectivity index (χ1) is 9.84. The molecule has 0 atom stereocenters. The Morgan fingerprint density at radius 2 is 2.00 bits per heavy atom. The van der Waals surface area contributed by atoms with E-state index in [2.05, 4.69) is 5.32 Å². The lowest BCUT2D eigenvalue weighted by Crippen LogP contribution is -2.35. The van der Waals surface area contributed by atoms with Crippen LogP contribution in [0.1, 0.15) is 39.7 Å². The maximum absolute atomic E-state index is 12.1. The van der Waals surface area contributed by atoms with Crippen molar-refractivity contribution >= 4 is 5.91 Å². The lowest BCUT2D eigenvalue weighted by molar-refractivity contribution is -0.121. The number of carbonyl (C=O) groups excluding carboxylic acids is 1. The summed E-state index contributed by atoms with van der Waals surface area (Å²) >= 11 is 0. The molecule has 0 spiro atoms. The SMILES string of the molecule is CC(C)Oc1ccccc1CC(=O)NCC(C)(C)CCO. The number of nitrogens with one attached hydrogen (secondary N) is 1. The second-order valence-corrected chi connectivity index (χ2v) is 6.37. The molecule has 0 aromatic heterocycles. The summed E-state index contributed by atoms with van der Waals surface area (Å²) in [4.78, 5) is 12.1. The van der Waals surface area contributed by atoms with Gasteiger partial charge in [0, 0.05) is 18.7 Å². The van der Waals surface area contributed by atoms with E-state index in [1.807, 2.05) is 52.0 Å². The maximum Gasteiger partial charge on any atom is 0.224 e. The minimum Gasteiger partial charge on any atom is -0.491 e. The minimum atomic E-state index is -0.0988. The van der Waals surface area contributed by atoms with Crippen LogP contribution in [0.4, 0.5) is 0 Å². The van der Waals surface area contributed by atoms with Gasteiger partial charge < -0.3 is 15.2 Å². The number of amides is 1. The molecule has 2 N–H and O–H groups in total. The number of hydrogen-bond acceptors (Lipinski definition) is 3. The highest BCUT2D eigenvalue weighted by molar-refractivity contribution is 5.79. The van der Waals surface area contributed by atoms with E-state index in [0.29, 0.717) is 19.4 Å². The number of aliphatic hydroxyl groups is 1. The van der Waals surface area contributed by atoms with Crippen molar-refractivity contribution in [2.24, 2.45) is 5.41 Å². The Bertz CT molecular complexity index is 455. The summed E-state index contributed by atoms with van der Waals surface area (Å²) in [5.74, 6) is 0.734. The molecule has 4 heteroatoms. The maximum atomic E-state index is 12.1. The summed E-state index contributed by atoms with van der Waals surface area (Å²) in [5.41, 5.74) is 0.793. The molecule has 1 aromatic rings. The molecule has 1 amide bonds. The third-order valence-corrected chi connectivity index (χ3v) is 3.24. The third kappa shape index (κ3) is 6.63. The first-order valence-corrected chi connectivity index (χ1v) is 7.46. The van der Waals surface area contributed by atoms with Crippen molar-refractivity contribution in [2.75, 3.05) is 13.2 Å². The Morgan fingerprint density at radius 1 is 1.33 bits per heavy atom. The molecule has 1 aromatic carbocycles. The highest BCUT2D eigenvalue weighted by atomic mass is 16.5. The van der Waals surface area contributed by atoms with Gasteiger partial charge >= 0.3 is 0 Å². The first kappa shape index (κ1) is 17.5. The molecular formula is C17H27NO3. The number of benzene rings is 1. The van der Waals surface area contributed by atoms with Crippen LogP contribution in [0.15, 0.2) is 24.3 Å². The second-order valence-electron chi connectivity index (χ2n) is 6.37. The van der Waals surface area contributed by atoms with Crippen LogP contribution in [-0.2, 0) is 11.2 Å². The highest BCUT2D eigenvalue weighted by Crippen LogP contribution is 2.21. The van der Waals surface area contributed by atoms with Crippen LogP contribution in [0.25, 0.3) is 0 Å². The number of rotatable bonds is 8. The van der Waals surface area contributed by atoms with Crippen molar-refractivity contribution in [1.82, 2.24) is 5.32 Å². The summed E-state index contributed by atoms with van der Waals surface area (Å²) in [7, 11) is 0. The lowest BCUT2D eigenvalue weighted by Gasteiger charge is -2.24. The van der Waals surface area contributed by atoms with Gasteiger partial charge in [0.1, 0.15) is 5.75 Å². The predicted octanol–water partition coefficient (Wildman–Crippen LogP) is 2.54. The smallest absolute Gasteiger partial charge is 0.224 e. The Morgan fingerprint density at radius 3 is 2.62 bits per heavy atom. The molecule has 0 saturated heterocycles. The predicted molar refractivity (Wildman–Crippen MR) is 84.4 cm³/mol. The molecule has 0 heterocycles. The summed E-state index contributed by atoms with van der Waals surface area (Å²) in [6, 6.07) is 7.61. The van der Waals surface area contributed by atoms with Crippen LogP contribution >= 0.6 is 0 Å². The average Bonchev–Trinajstić information content (AvgIpc) is 2.38. The van der Waals surface area contributed by atoms with Crippen LogP contribution in [0.2, 0.25) is 0 Å². The van der Waals surface area contributed by atoms with Gasteiger partial charge in [-0.05, 0) is 31.7 Å². The van der Waals surface area contributed by atoms with Gasteiger partial charge in [0.15, 0.2) is 0 Å². The Labute approximate surface area is 127 Å². The molecule has 1 rings (SSSR count). The van der Waals surface area contributed by atoms with E-state index in [0.717, 1.165) is 11.3 Å². The van der Waals surface area contributed by atoms with Gasteiger partial charge in [0.05, 0.1) is 12.5 Å². The molecule has 4 nitrogen and oxygen atoms in total. The first-order valence-electron chi connectivity index (χ1n) is 7.46. The van der Waals surface area contributed by atoms with Crippen molar-refractivity contribution in [3.8, 4) is 5.75 Å². The van der Waals surface area contributed by atoms with Crippen molar-refractivity contribution in [3.05, 3.63) is 29.8 Å². The molecule has 0 radical (unpaired) electrons. The van der Waals surface area contributed by atoms with Crippen LogP contribution < -0.4 is 10.1 Å². The van der Waals surface area contributed by atoms with Gasteiger partial charge in [-0.1, -0.05) is 32.0 Å². The fourth-order valence-corrected chi connectivity index (χ4v) is 1.98. The fraction of sp³-hybridized carbons (Fsp3) is 0.588. The van der Waals surface area contributed by atoms with E-state index in [-0.39, 0.29) is 24.0 Å². The second kappa shape index (κ2) is 8.03. The van der Waals surface area contributed by atoms with Crippen molar-refractivity contribution < 1.29 is 14.6 Å². The van der Waals surface area contributed by atoms with Crippen LogP contribution in [-0.4, -0.2) is 30.3 Å². The minimum absolute atomic E-state index is 0.0270.